The van der Waals surface area contributed by atoms with Crippen molar-refractivity contribution in [1.82, 2.24) is 9.80 Å². The van der Waals surface area contributed by atoms with Gasteiger partial charge in [-0.2, -0.15) is 0 Å². The van der Waals surface area contributed by atoms with Crippen molar-refractivity contribution in [2.75, 3.05) is 33.3 Å². The number of likely N-dealkylation sites (N-methyl/N-ethyl adjacent to an activating group) is 1. The first-order valence-electron chi connectivity index (χ1n) is 9.40. The SMILES string of the molecule is CCN(CC(=O)O)C1CCN(C(=O)CCCc2ccc(OC)cc2)CC1. The molecule has 0 saturated carbocycles. The van der Waals surface area contributed by atoms with Crippen LogP contribution in [0.4, 0.5) is 0 Å². The van der Waals surface area contributed by atoms with E-state index in [0.717, 1.165) is 51.1 Å². The molecule has 0 unspecified atom stereocenters. The number of rotatable bonds is 9. The van der Waals surface area contributed by atoms with Crippen LogP contribution in [0.1, 0.15) is 38.2 Å². The number of hydrogen-bond acceptors (Lipinski definition) is 4. The summed E-state index contributed by atoms with van der Waals surface area (Å²) >= 11 is 0. The van der Waals surface area contributed by atoms with E-state index in [1.807, 2.05) is 41.0 Å². The average molecular weight is 362 g/mol. The molecular formula is C20H30N2O4. The van der Waals surface area contributed by atoms with Crippen LogP contribution < -0.4 is 4.74 Å². The van der Waals surface area contributed by atoms with Crippen LogP contribution in [0.5, 0.6) is 5.75 Å². The lowest BCUT2D eigenvalue weighted by atomic mass is 10.0. The fourth-order valence-corrected chi connectivity index (χ4v) is 3.55. The Bertz CT molecular complexity index is 580. The summed E-state index contributed by atoms with van der Waals surface area (Å²) in [5.74, 6) is 0.263. The molecular weight excluding hydrogens is 332 g/mol. The molecule has 0 bridgehead atoms. The molecule has 1 aliphatic heterocycles. The number of carboxylic acid groups (broad SMARTS) is 1. The standard InChI is InChI=1S/C20H30N2O4/c1-3-21(15-20(24)25)17-11-13-22(14-12-17)19(23)6-4-5-16-7-9-18(26-2)10-8-16/h7-10,17H,3-6,11-15H2,1-2H3,(H,24,25). The van der Waals surface area contributed by atoms with Crippen LogP contribution in [-0.4, -0.2) is 66.1 Å². The summed E-state index contributed by atoms with van der Waals surface area (Å²) in [6.07, 6.45) is 3.99. The Morgan fingerprint density at radius 3 is 2.42 bits per heavy atom. The topological polar surface area (TPSA) is 70.1 Å². The zero-order valence-corrected chi connectivity index (χ0v) is 15.8. The largest absolute Gasteiger partial charge is 0.497 e. The van der Waals surface area contributed by atoms with E-state index in [9.17, 15) is 9.59 Å². The molecule has 0 radical (unpaired) electrons. The normalized spacial score (nSPS) is 15.3. The molecule has 144 valence electrons. The smallest absolute Gasteiger partial charge is 0.317 e. The molecule has 0 spiro atoms. The highest BCUT2D eigenvalue weighted by molar-refractivity contribution is 5.76. The molecule has 1 N–H and O–H groups in total. The molecule has 0 aromatic heterocycles. The summed E-state index contributed by atoms with van der Waals surface area (Å²) in [7, 11) is 1.65. The Morgan fingerprint density at radius 1 is 1.23 bits per heavy atom. The van der Waals surface area contributed by atoms with E-state index in [1.165, 1.54) is 5.56 Å². The Kier molecular flexibility index (Phi) is 7.91. The van der Waals surface area contributed by atoms with Crippen LogP contribution in [0.15, 0.2) is 24.3 Å². The van der Waals surface area contributed by atoms with Crippen LogP contribution in [-0.2, 0) is 16.0 Å². The van der Waals surface area contributed by atoms with E-state index >= 15 is 0 Å². The van der Waals surface area contributed by atoms with Gasteiger partial charge in [0.05, 0.1) is 13.7 Å². The maximum absolute atomic E-state index is 12.4. The maximum Gasteiger partial charge on any atom is 0.317 e. The number of benzene rings is 1. The summed E-state index contributed by atoms with van der Waals surface area (Å²) in [5, 5.41) is 8.99. The van der Waals surface area contributed by atoms with Gasteiger partial charge in [-0.15, -0.1) is 0 Å². The van der Waals surface area contributed by atoms with Crippen molar-refractivity contribution in [1.29, 1.82) is 0 Å². The molecule has 2 rings (SSSR count). The lowest BCUT2D eigenvalue weighted by Crippen LogP contribution is -2.48. The van der Waals surface area contributed by atoms with Gasteiger partial charge in [-0.1, -0.05) is 19.1 Å². The molecule has 1 aromatic rings. The Morgan fingerprint density at radius 2 is 1.88 bits per heavy atom. The van der Waals surface area contributed by atoms with Gasteiger partial charge in [0.25, 0.3) is 0 Å². The number of aliphatic carboxylic acids is 1. The summed E-state index contributed by atoms with van der Waals surface area (Å²) in [6.45, 7) is 4.24. The molecule has 1 saturated heterocycles. The van der Waals surface area contributed by atoms with Crippen LogP contribution >= 0.6 is 0 Å². The van der Waals surface area contributed by atoms with Crippen LogP contribution in [0, 0.1) is 0 Å². The molecule has 6 nitrogen and oxygen atoms in total. The minimum Gasteiger partial charge on any atom is -0.497 e. The predicted octanol–water partition coefficient (Wildman–Crippen LogP) is 2.42. The lowest BCUT2D eigenvalue weighted by Gasteiger charge is -2.37. The molecule has 1 heterocycles. The van der Waals surface area contributed by atoms with Crippen molar-refractivity contribution in [3.05, 3.63) is 29.8 Å². The van der Waals surface area contributed by atoms with E-state index in [4.69, 9.17) is 9.84 Å². The van der Waals surface area contributed by atoms with Crippen LogP contribution in [0.25, 0.3) is 0 Å². The number of methoxy groups -OCH3 is 1. The second kappa shape index (κ2) is 10.2. The molecule has 6 heteroatoms. The number of carboxylic acids is 1. The number of ether oxygens (including phenoxy) is 1. The lowest BCUT2D eigenvalue weighted by molar-refractivity contribution is -0.140. The monoisotopic (exact) mass is 362 g/mol. The van der Waals surface area contributed by atoms with Gasteiger partial charge in [0.2, 0.25) is 5.91 Å². The number of nitrogens with zero attached hydrogens (tertiary/aromatic N) is 2. The zero-order valence-electron chi connectivity index (χ0n) is 15.8. The second-order valence-electron chi connectivity index (χ2n) is 6.77. The number of amides is 1. The molecule has 0 atom stereocenters. The highest BCUT2D eigenvalue weighted by atomic mass is 16.5. The molecule has 1 aliphatic rings. The van der Waals surface area contributed by atoms with Crippen molar-refractivity contribution in [2.45, 2.75) is 45.1 Å². The van der Waals surface area contributed by atoms with Crippen molar-refractivity contribution in [3.8, 4) is 5.75 Å². The van der Waals surface area contributed by atoms with E-state index in [-0.39, 0.29) is 18.5 Å². The Balaban J connectivity index is 1.71. The van der Waals surface area contributed by atoms with E-state index < -0.39 is 5.97 Å². The van der Waals surface area contributed by atoms with Crippen molar-refractivity contribution >= 4 is 11.9 Å². The first-order valence-corrected chi connectivity index (χ1v) is 9.40. The van der Waals surface area contributed by atoms with Crippen molar-refractivity contribution < 1.29 is 19.4 Å². The summed E-state index contributed by atoms with van der Waals surface area (Å²) in [4.78, 5) is 27.3. The van der Waals surface area contributed by atoms with Crippen LogP contribution in [0.2, 0.25) is 0 Å². The van der Waals surface area contributed by atoms with Gasteiger partial charge in [0.1, 0.15) is 5.75 Å². The third kappa shape index (κ3) is 6.02. The molecule has 1 fully saturated rings. The van der Waals surface area contributed by atoms with Gasteiger partial charge >= 0.3 is 5.97 Å². The Labute approximate surface area is 155 Å². The summed E-state index contributed by atoms with van der Waals surface area (Å²) < 4.78 is 5.15. The van der Waals surface area contributed by atoms with Crippen LogP contribution in [0.3, 0.4) is 0 Å². The number of likely N-dealkylation sites (tertiary alicyclic amines) is 1. The predicted molar refractivity (Wildman–Crippen MR) is 100 cm³/mol. The second-order valence-corrected chi connectivity index (χ2v) is 6.77. The third-order valence-electron chi connectivity index (χ3n) is 5.09. The number of aryl methyl sites for hydroxylation is 1. The van der Waals surface area contributed by atoms with E-state index in [0.29, 0.717) is 6.42 Å². The highest BCUT2D eigenvalue weighted by Gasteiger charge is 2.26. The molecule has 1 amide bonds. The van der Waals surface area contributed by atoms with Gasteiger partial charge in [-0.3, -0.25) is 14.5 Å². The van der Waals surface area contributed by atoms with Crippen molar-refractivity contribution in [2.24, 2.45) is 0 Å². The fraction of sp³-hybridized carbons (Fsp3) is 0.600. The first-order chi connectivity index (χ1) is 12.5. The summed E-state index contributed by atoms with van der Waals surface area (Å²) in [6, 6.07) is 8.23. The average Bonchev–Trinajstić information content (AvgIpc) is 2.66. The van der Waals surface area contributed by atoms with E-state index in [1.54, 1.807) is 7.11 Å². The molecule has 0 aliphatic carbocycles. The summed E-state index contributed by atoms with van der Waals surface area (Å²) in [5.41, 5.74) is 1.21. The van der Waals surface area contributed by atoms with Gasteiger partial charge < -0.3 is 14.7 Å². The third-order valence-corrected chi connectivity index (χ3v) is 5.09. The highest BCUT2D eigenvalue weighted by Crippen LogP contribution is 2.18. The van der Waals surface area contributed by atoms with Gasteiger partial charge in [-0.05, 0) is 49.9 Å². The quantitative estimate of drug-likeness (QED) is 0.730. The molecule has 1 aromatic carbocycles. The minimum atomic E-state index is -0.788. The number of carbonyl (C=O) groups is 2. The van der Waals surface area contributed by atoms with E-state index in [2.05, 4.69) is 0 Å². The first kappa shape index (κ1) is 20.2. The maximum atomic E-state index is 12.4. The van der Waals surface area contributed by atoms with Gasteiger partial charge in [-0.25, -0.2) is 0 Å². The van der Waals surface area contributed by atoms with Gasteiger partial charge in [0.15, 0.2) is 0 Å². The number of carbonyl (C=O) groups excluding carboxylic acids is 1. The Hall–Kier alpha value is -2.08. The van der Waals surface area contributed by atoms with Crippen molar-refractivity contribution in [3.63, 3.8) is 0 Å². The minimum absolute atomic E-state index is 0.0803. The number of hydrogen-bond donors (Lipinski definition) is 1. The number of piperidine rings is 1. The van der Waals surface area contributed by atoms with Gasteiger partial charge in [0, 0.05) is 25.6 Å². The zero-order chi connectivity index (χ0) is 18.9. The fourth-order valence-electron chi connectivity index (χ4n) is 3.55. The molecule has 26 heavy (non-hydrogen) atoms.